The number of aryl methyl sites for hydroxylation is 1. The monoisotopic (exact) mass is 390 g/mol. The summed E-state index contributed by atoms with van der Waals surface area (Å²) in [6.45, 7) is 0. The predicted octanol–water partition coefficient (Wildman–Crippen LogP) is 5.09. The maximum Gasteiger partial charge on any atom is 0.233 e. The van der Waals surface area contributed by atoms with Crippen LogP contribution in [0.15, 0.2) is 78.9 Å². The average molecular weight is 390 g/mol. The Morgan fingerprint density at radius 2 is 1.66 bits per heavy atom. The molecule has 0 aliphatic heterocycles. The Hall–Kier alpha value is -3.47. The van der Waals surface area contributed by atoms with E-state index in [-0.39, 0.29) is 17.4 Å². The van der Waals surface area contributed by atoms with Gasteiger partial charge in [0, 0.05) is 5.69 Å². The maximum absolute atomic E-state index is 13.2. The molecule has 0 aliphatic carbocycles. The quantitative estimate of drug-likeness (QED) is 0.526. The number of nitrogens with one attached hydrogen (secondary N) is 2. The van der Waals surface area contributed by atoms with Crippen LogP contribution in [0.3, 0.4) is 0 Å². The fourth-order valence-electron chi connectivity index (χ4n) is 3.09. The third-order valence-electron chi connectivity index (χ3n) is 4.74. The molecule has 1 amide bonds. The van der Waals surface area contributed by atoms with Crippen LogP contribution in [0.4, 0.5) is 10.1 Å². The Balaban J connectivity index is 1.79. The number of amides is 1. The van der Waals surface area contributed by atoms with Gasteiger partial charge < -0.3 is 15.5 Å². The summed E-state index contributed by atoms with van der Waals surface area (Å²) < 4.78 is 18.3. The minimum absolute atomic E-state index is 0.237. The standard InChI is InChI=1S/C24H23FN2O2/c1-29-21-14-10-18(11-15-21)23(26)22(16-9-17-7-12-19(25)13-8-17)24(28)27-20-5-3-2-4-6-20/h2-8,10-15,22,26H,9,16H2,1H3,(H,27,28). The maximum atomic E-state index is 13.2. The first kappa shape index (κ1) is 20.3. The lowest BCUT2D eigenvalue weighted by Gasteiger charge is -2.19. The van der Waals surface area contributed by atoms with E-state index in [2.05, 4.69) is 5.32 Å². The van der Waals surface area contributed by atoms with Crippen molar-refractivity contribution in [1.82, 2.24) is 0 Å². The van der Waals surface area contributed by atoms with Gasteiger partial charge in [-0.25, -0.2) is 4.39 Å². The zero-order valence-electron chi connectivity index (χ0n) is 16.2. The van der Waals surface area contributed by atoms with Crippen molar-refractivity contribution < 1.29 is 13.9 Å². The Morgan fingerprint density at radius 1 is 1.00 bits per heavy atom. The first-order valence-corrected chi connectivity index (χ1v) is 9.40. The smallest absolute Gasteiger partial charge is 0.233 e. The molecule has 5 heteroatoms. The zero-order chi connectivity index (χ0) is 20.6. The molecule has 0 bridgehead atoms. The highest BCUT2D eigenvalue weighted by atomic mass is 19.1. The topological polar surface area (TPSA) is 62.2 Å². The van der Waals surface area contributed by atoms with Crippen molar-refractivity contribution in [2.75, 3.05) is 12.4 Å². The van der Waals surface area contributed by atoms with Crippen molar-refractivity contribution in [3.05, 3.63) is 95.8 Å². The van der Waals surface area contributed by atoms with Gasteiger partial charge >= 0.3 is 0 Å². The first-order valence-electron chi connectivity index (χ1n) is 9.40. The van der Waals surface area contributed by atoms with Crippen molar-refractivity contribution in [3.63, 3.8) is 0 Å². The summed E-state index contributed by atoms with van der Waals surface area (Å²) in [4.78, 5) is 13.0. The van der Waals surface area contributed by atoms with Gasteiger partial charge in [0.15, 0.2) is 0 Å². The van der Waals surface area contributed by atoms with E-state index in [1.165, 1.54) is 12.1 Å². The molecule has 148 valence electrons. The van der Waals surface area contributed by atoms with Crippen LogP contribution in [-0.2, 0) is 11.2 Å². The van der Waals surface area contributed by atoms with Gasteiger partial charge in [0.25, 0.3) is 0 Å². The molecule has 3 aromatic rings. The third kappa shape index (κ3) is 5.51. The predicted molar refractivity (Wildman–Crippen MR) is 113 cm³/mol. The fourth-order valence-corrected chi connectivity index (χ4v) is 3.09. The molecule has 1 unspecified atom stereocenters. The van der Waals surface area contributed by atoms with Crippen LogP contribution < -0.4 is 10.1 Å². The molecule has 3 rings (SSSR count). The van der Waals surface area contributed by atoms with Crippen LogP contribution in [0.2, 0.25) is 0 Å². The number of benzene rings is 3. The van der Waals surface area contributed by atoms with E-state index >= 15 is 0 Å². The lowest BCUT2D eigenvalue weighted by atomic mass is 9.90. The van der Waals surface area contributed by atoms with Crippen molar-refractivity contribution >= 4 is 17.3 Å². The molecule has 4 nitrogen and oxygen atoms in total. The Bertz CT molecular complexity index is 954. The highest BCUT2D eigenvalue weighted by Crippen LogP contribution is 2.21. The number of hydrogen-bond acceptors (Lipinski definition) is 3. The number of ether oxygens (including phenoxy) is 1. The average Bonchev–Trinajstić information content (AvgIpc) is 2.76. The van der Waals surface area contributed by atoms with Gasteiger partial charge in [0.1, 0.15) is 11.6 Å². The molecule has 0 fully saturated rings. The number of hydrogen-bond donors (Lipinski definition) is 2. The van der Waals surface area contributed by atoms with Gasteiger partial charge in [-0.1, -0.05) is 30.3 Å². The highest BCUT2D eigenvalue weighted by Gasteiger charge is 2.24. The van der Waals surface area contributed by atoms with E-state index in [1.807, 2.05) is 30.3 Å². The van der Waals surface area contributed by atoms with Gasteiger partial charge in [-0.3, -0.25) is 4.79 Å². The summed E-state index contributed by atoms with van der Waals surface area (Å²) in [7, 11) is 1.58. The molecule has 29 heavy (non-hydrogen) atoms. The Morgan fingerprint density at radius 3 is 2.28 bits per heavy atom. The van der Waals surface area contributed by atoms with E-state index in [0.29, 0.717) is 29.8 Å². The van der Waals surface area contributed by atoms with Crippen LogP contribution in [-0.4, -0.2) is 18.7 Å². The molecule has 1 atom stereocenters. The summed E-state index contributed by atoms with van der Waals surface area (Å²) in [5, 5.41) is 11.5. The van der Waals surface area contributed by atoms with Gasteiger partial charge in [0.2, 0.25) is 5.91 Å². The SMILES string of the molecule is COc1ccc(C(=N)C(CCc2ccc(F)cc2)C(=O)Nc2ccccc2)cc1. The molecule has 0 aliphatic rings. The molecule has 0 saturated heterocycles. The number of rotatable bonds is 8. The molecule has 0 aromatic heterocycles. The number of carbonyl (C=O) groups excluding carboxylic acids is 1. The molecular formula is C24H23FN2O2. The largest absolute Gasteiger partial charge is 0.497 e. The van der Waals surface area contributed by atoms with E-state index in [4.69, 9.17) is 10.1 Å². The molecule has 3 aromatic carbocycles. The van der Waals surface area contributed by atoms with Gasteiger partial charge in [-0.15, -0.1) is 0 Å². The third-order valence-corrected chi connectivity index (χ3v) is 4.74. The number of anilines is 1. The number of methoxy groups -OCH3 is 1. The summed E-state index contributed by atoms with van der Waals surface area (Å²) in [5.74, 6) is -0.482. The van der Waals surface area contributed by atoms with Crippen LogP contribution >= 0.6 is 0 Å². The molecule has 2 N–H and O–H groups in total. The second kappa shape index (κ2) is 9.64. The molecule has 0 radical (unpaired) electrons. The molecular weight excluding hydrogens is 367 g/mol. The van der Waals surface area contributed by atoms with Crippen molar-refractivity contribution in [3.8, 4) is 5.75 Å². The summed E-state index contributed by atoms with van der Waals surface area (Å²) in [6.07, 6.45) is 1.00. The highest BCUT2D eigenvalue weighted by molar-refractivity contribution is 6.14. The second-order valence-electron chi connectivity index (χ2n) is 6.72. The van der Waals surface area contributed by atoms with Gasteiger partial charge in [0.05, 0.1) is 18.7 Å². The molecule has 0 spiro atoms. The van der Waals surface area contributed by atoms with Crippen LogP contribution in [0.5, 0.6) is 5.75 Å². The molecule has 0 heterocycles. The van der Waals surface area contributed by atoms with Crippen molar-refractivity contribution in [2.45, 2.75) is 12.8 Å². The van der Waals surface area contributed by atoms with Crippen LogP contribution in [0, 0.1) is 17.1 Å². The zero-order valence-corrected chi connectivity index (χ0v) is 16.2. The van der Waals surface area contributed by atoms with E-state index in [9.17, 15) is 9.18 Å². The van der Waals surface area contributed by atoms with Gasteiger partial charge in [-0.2, -0.15) is 0 Å². The fraction of sp³-hybridized carbons (Fsp3) is 0.167. The summed E-state index contributed by atoms with van der Waals surface area (Å²) in [6, 6.07) is 22.5. The van der Waals surface area contributed by atoms with Crippen molar-refractivity contribution in [1.29, 1.82) is 5.41 Å². The number of para-hydroxylation sites is 1. The van der Waals surface area contributed by atoms with Crippen LogP contribution in [0.1, 0.15) is 17.5 Å². The second-order valence-corrected chi connectivity index (χ2v) is 6.72. The normalized spacial score (nSPS) is 11.5. The summed E-state index contributed by atoms with van der Waals surface area (Å²) in [5.41, 5.74) is 2.51. The molecule has 0 saturated carbocycles. The van der Waals surface area contributed by atoms with Gasteiger partial charge in [-0.05, 0) is 72.5 Å². The summed E-state index contributed by atoms with van der Waals surface area (Å²) >= 11 is 0. The Kier molecular flexibility index (Phi) is 6.74. The van der Waals surface area contributed by atoms with Crippen LogP contribution in [0.25, 0.3) is 0 Å². The lowest BCUT2D eigenvalue weighted by molar-refractivity contribution is -0.118. The van der Waals surface area contributed by atoms with E-state index < -0.39 is 5.92 Å². The van der Waals surface area contributed by atoms with E-state index in [1.54, 1.807) is 43.5 Å². The van der Waals surface area contributed by atoms with Crippen molar-refractivity contribution in [2.24, 2.45) is 5.92 Å². The minimum Gasteiger partial charge on any atom is -0.497 e. The van der Waals surface area contributed by atoms with E-state index in [0.717, 1.165) is 5.56 Å². The Labute approximate surface area is 169 Å². The number of carbonyl (C=O) groups is 1. The number of halogens is 1. The minimum atomic E-state index is -0.645. The first-order chi connectivity index (χ1) is 14.1. The lowest BCUT2D eigenvalue weighted by Crippen LogP contribution is -2.30.